The van der Waals surface area contributed by atoms with Gasteiger partial charge in [0, 0.05) is 16.7 Å². The van der Waals surface area contributed by atoms with Gasteiger partial charge in [-0.05, 0) is 18.6 Å². The van der Waals surface area contributed by atoms with Gasteiger partial charge in [0.25, 0.3) is 9.05 Å². The zero-order valence-corrected chi connectivity index (χ0v) is 9.69. The fourth-order valence-corrected chi connectivity index (χ4v) is 2.38. The van der Waals surface area contributed by atoms with E-state index in [0.717, 1.165) is 0 Å². The van der Waals surface area contributed by atoms with Crippen molar-refractivity contribution in [2.24, 2.45) is 0 Å². The first-order valence-electron chi connectivity index (χ1n) is 3.93. The van der Waals surface area contributed by atoms with Gasteiger partial charge in [0.05, 0.1) is 17.6 Å². The summed E-state index contributed by atoms with van der Waals surface area (Å²) in [6, 6.07) is 4.57. The smallest absolute Gasteiger partial charge is 0.261 e. The maximum absolute atomic E-state index is 11.1. The minimum atomic E-state index is -3.81. The first-order valence-corrected chi connectivity index (χ1v) is 6.24. The lowest BCUT2D eigenvalue weighted by Gasteiger charge is -2.07. The van der Waals surface area contributed by atoms with Gasteiger partial charge < -0.3 is 4.74 Å². The number of benzene rings is 1. The topological polar surface area (TPSA) is 67.2 Å². The molecule has 15 heavy (non-hydrogen) atoms. The lowest BCUT2D eigenvalue weighted by Crippen LogP contribution is -1.98. The van der Waals surface area contributed by atoms with E-state index in [9.17, 15) is 8.42 Å². The van der Waals surface area contributed by atoms with Crippen LogP contribution in [0, 0.1) is 18.3 Å². The molecule has 0 amide bonds. The summed E-state index contributed by atoms with van der Waals surface area (Å²) in [6.07, 6.45) is 0. The summed E-state index contributed by atoms with van der Waals surface area (Å²) < 4.78 is 27.2. The molecule has 0 aliphatic rings. The highest BCUT2D eigenvalue weighted by molar-refractivity contribution is 8.13. The number of nitriles is 1. The second-order valence-corrected chi connectivity index (χ2v) is 5.40. The quantitative estimate of drug-likeness (QED) is 0.745. The first kappa shape index (κ1) is 11.8. The third-order valence-corrected chi connectivity index (χ3v) is 3.34. The second-order valence-electron chi connectivity index (χ2n) is 2.87. The number of rotatable bonds is 2. The van der Waals surface area contributed by atoms with E-state index in [2.05, 4.69) is 0 Å². The Labute approximate surface area is 92.5 Å². The van der Waals surface area contributed by atoms with Gasteiger partial charge in [-0.15, -0.1) is 0 Å². The molecule has 6 heteroatoms. The zero-order chi connectivity index (χ0) is 11.6. The molecule has 1 rings (SSSR count). The van der Waals surface area contributed by atoms with Crippen molar-refractivity contribution in [1.82, 2.24) is 0 Å². The molecule has 0 spiro atoms. The molecule has 0 aromatic heterocycles. The van der Waals surface area contributed by atoms with Gasteiger partial charge >= 0.3 is 0 Å². The average molecular weight is 246 g/mol. The monoisotopic (exact) mass is 245 g/mol. The molecule has 0 aliphatic carbocycles. The van der Waals surface area contributed by atoms with Crippen molar-refractivity contribution in [2.75, 3.05) is 7.11 Å². The van der Waals surface area contributed by atoms with Crippen LogP contribution in [0.4, 0.5) is 0 Å². The number of aryl methyl sites for hydroxylation is 1. The standard InChI is InChI=1S/C9H8ClNO3S/c1-6-3-7(5-11)8(14-2)4-9(6)15(10,12)13/h3-4H,1-2H3. The van der Waals surface area contributed by atoms with E-state index in [1.165, 1.54) is 19.2 Å². The van der Waals surface area contributed by atoms with Gasteiger partial charge in [0.2, 0.25) is 0 Å². The fraction of sp³-hybridized carbons (Fsp3) is 0.222. The summed E-state index contributed by atoms with van der Waals surface area (Å²) in [5.74, 6) is 0.197. The number of hydrogen-bond donors (Lipinski definition) is 0. The van der Waals surface area contributed by atoms with E-state index in [0.29, 0.717) is 5.56 Å². The third-order valence-electron chi connectivity index (χ3n) is 1.88. The molecule has 0 atom stereocenters. The molecule has 0 saturated carbocycles. The third kappa shape index (κ3) is 2.41. The van der Waals surface area contributed by atoms with Gasteiger partial charge in [0.1, 0.15) is 11.8 Å². The average Bonchev–Trinajstić information content (AvgIpc) is 2.15. The molecule has 0 radical (unpaired) electrons. The highest BCUT2D eigenvalue weighted by Crippen LogP contribution is 2.27. The molecule has 0 aliphatic heterocycles. The Hall–Kier alpha value is -1.25. The Bertz CT molecular complexity index is 531. The number of nitrogens with zero attached hydrogens (tertiary/aromatic N) is 1. The van der Waals surface area contributed by atoms with Crippen LogP contribution in [0.1, 0.15) is 11.1 Å². The van der Waals surface area contributed by atoms with Crippen LogP contribution < -0.4 is 4.74 Å². The molecular weight excluding hydrogens is 238 g/mol. The Balaban J connectivity index is 3.55. The van der Waals surface area contributed by atoms with Crippen molar-refractivity contribution < 1.29 is 13.2 Å². The van der Waals surface area contributed by atoms with Gasteiger partial charge in [-0.1, -0.05) is 0 Å². The number of hydrogen-bond acceptors (Lipinski definition) is 4. The van der Waals surface area contributed by atoms with Crippen molar-refractivity contribution >= 4 is 19.7 Å². The van der Waals surface area contributed by atoms with Gasteiger partial charge in [-0.3, -0.25) is 0 Å². The second kappa shape index (κ2) is 4.09. The summed E-state index contributed by atoms with van der Waals surface area (Å²) in [4.78, 5) is -0.0417. The lowest BCUT2D eigenvalue weighted by atomic mass is 10.1. The van der Waals surface area contributed by atoms with E-state index in [-0.39, 0.29) is 16.2 Å². The molecule has 0 bridgehead atoms. The predicted octanol–water partition coefficient (Wildman–Crippen LogP) is 1.80. The summed E-state index contributed by atoms with van der Waals surface area (Å²) in [5.41, 5.74) is 0.696. The van der Waals surface area contributed by atoms with Crippen molar-refractivity contribution in [3.8, 4) is 11.8 Å². The Morgan fingerprint density at radius 2 is 2.07 bits per heavy atom. The molecule has 1 aromatic rings. The number of ether oxygens (including phenoxy) is 1. The van der Waals surface area contributed by atoms with Crippen molar-refractivity contribution in [3.63, 3.8) is 0 Å². The Morgan fingerprint density at radius 3 is 2.47 bits per heavy atom. The molecule has 0 unspecified atom stereocenters. The minimum absolute atomic E-state index is 0.0417. The Kier molecular flexibility index (Phi) is 3.22. The van der Waals surface area contributed by atoms with Crippen LogP contribution in [-0.2, 0) is 9.05 Å². The van der Waals surface area contributed by atoms with Crippen LogP contribution in [-0.4, -0.2) is 15.5 Å². The maximum atomic E-state index is 11.1. The molecule has 0 fully saturated rings. The van der Waals surface area contributed by atoms with E-state index >= 15 is 0 Å². The van der Waals surface area contributed by atoms with Gasteiger partial charge in [-0.2, -0.15) is 5.26 Å². The lowest BCUT2D eigenvalue weighted by molar-refractivity contribution is 0.412. The molecule has 80 valence electrons. The molecule has 0 heterocycles. The van der Waals surface area contributed by atoms with Crippen molar-refractivity contribution in [1.29, 1.82) is 5.26 Å². The van der Waals surface area contributed by atoms with E-state index < -0.39 is 9.05 Å². The predicted molar refractivity (Wildman–Crippen MR) is 55.5 cm³/mol. The maximum Gasteiger partial charge on any atom is 0.261 e. The van der Waals surface area contributed by atoms with E-state index in [1.54, 1.807) is 6.92 Å². The van der Waals surface area contributed by atoms with Crippen LogP contribution >= 0.6 is 10.7 Å². The Morgan fingerprint density at radius 1 is 1.47 bits per heavy atom. The highest BCUT2D eigenvalue weighted by Gasteiger charge is 2.17. The summed E-state index contributed by atoms with van der Waals surface area (Å²) in [5, 5.41) is 8.76. The van der Waals surface area contributed by atoms with Crippen LogP contribution in [0.5, 0.6) is 5.75 Å². The minimum Gasteiger partial charge on any atom is -0.495 e. The zero-order valence-electron chi connectivity index (χ0n) is 8.11. The molecule has 0 saturated heterocycles. The summed E-state index contributed by atoms with van der Waals surface area (Å²) >= 11 is 0. The number of halogens is 1. The molecule has 1 aromatic carbocycles. The van der Waals surface area contributed by atoms with Crippen LogP contribution in [0.15, 0.2) is 17.0 Å². The van der Waals surface area contributed by atoms with Crippen LogP contribution in [0.25, 0.3) is 0 Å². The van der Waals surface area contributed by atoms with E-state index in [1.807, 2.05) is 6.07 Å². The highest BCUT2D eigenvalue weighted by atomic mass is 35.7. The van der Waals surface area contributed by atoms with Crippen molar-refractivity contribution in [3.05, 3.63) is 23.3 Å². The summed E-state index contributed by atoms with van der Waals surface area (Å²) in [7, 11) is 2.77. The largest absolute Gasteiger partial charge is 0.495 e. The fourth-order valence-electron chi connectivity index (χ4n) is 1.19. The van der Waals surface area contributed by atoms with E-state index in [4.69, 9.17) is 20.7 Å². The van der Waals surface area contributed by atoms with Gasteiger partial charge in [-0.25, -0.2) is 8.42 Å². The van der Waals surface area contributed by atoms with Crippen molar-refractivity contribution in [2.45, 2.75) is 11.8 Å². The summed E-state index contributed by atoms with van der Waals surface area (Å²) in [6.45, 7) is 1.57. The van der Waals surface area contributed by atoms with Crippen LogP contribution in [0.3, 0.4) is 0 Å². The molecule has 4 nitrogen and oxygen atoms in total. The first-order chi connectivity index (χ1) is 6.90. The molecule has 0 N–H and O–H groups in total. The van der Waals surface area contributed by atoms with Crippen LogP contribution in [0.2, 0.25) is 0 Å². The SMILES string of the molecule is COc1cc(S(=O)(=O)Cl)c(C)cc1C#N. The van der Waals surface area contributed by atoms with Gasteiger partial charge in [0.15, 0.2) is 0 Å². The molecular formula is C9H8ClNO3S. The number of methoxy groups -OCH3 is 1. The normalized spacial score (nSPS) is 10.8.